The number of hydrogen-bond donors (Lipinski definition) is 2. The van der Waals surface area contributed by atoms with Crippen molar-refractivity contribution in [3.63, 3.8) is 0 Å². The Labute approximate surface area is 188 Å². The summed E-state index contributed by atoms with van der Waals surface area (Å²) >= 11 is 0. The molecule has 1 fully saturated rings. The third-order valence-corrected chi connectivity index (χ3v) is 5.36. The number of methoxy groups -OCH3 is 2. The highest BCUT2D eigenvalue weighted by Crippen LogP contribution is 2.24. The van der Waals surface area contributed by atoms with Crippen molar-refractivity contribution in [2.24, 2.45) is 0 Å². The van der Waals surface area contributed by atoms with E-state index in [2.05, 4.69) is 4.90 Å². The Hall–Kier alpha value is -3.07. The molecule has 8 nitrogen and oxygen atoms in total. The molecule has 2 N–H and O–H groups in total. The van der Waals surface area contributed by atoms with Crippen LogP contribution in [0, 0.1) is 0 Å². The number of hydrogen-bond acceptors (Lipinski definition) is 7. The van der Waals surface area contributed by atoms with Gasteiger partial charge in [0.1, 0.15) is 23.9 Å². The predicted octanol–water partition coefficient (Wildman–Crippen LogP) is 2.38. The van der Waals surface area contributed by atoms with Gasteiger partial charge in [0.25, 0.3) is 5.91 Å². The van der Waals surface area contributed by atoms with Crippen molar-refractivity contribution in [1.82, 2.24) is 15.3 Å². The molecule has 0 saturated carbocycles. The predicted molar refractivity (Wildman–Crippen MR) is 123 cm³/mol. The second-order valence-corrected chi connectivity index (χ2v) is 7.55. The van der Waals surface area contributed by atoms with Crippen LogP contribution in [0.15, 0.2) is 42.5 Å². The van der Waals surface area contributed by atoms with E-state index in [9.17, 15) is 4.79 Å². The van der Waals surface area contributed by atoms with Crippen molar-refractivity contribution in [3.8, 4) is 17.2 Å². The minimum absolute atomic E-state index is 0.229. The number of piperazine rings is 1. The first kappa shape index (κ1) is 23.6. The molecular weight excluding hydrogens is 410 g/mol. The Morgan fingerprint density at radius 2 is 1.50 bits per heavy atom. The van der Waals surface area contributed by atoms with Crippen LogP contribution in [0.25, 0.3) is 12.2 Å². The summed E-state index contributed by atoms with van der Waals surface area (Å²) < 4.78 is 16.5. The van der Waals surface area contributed by atoms with Crippen molar-refractivity contribution >= 4 is 18.1 Å². The van der Waals surface area contributed by atoms with Crippen LogP contribution in [0.5, 0.6) is 17.2 Å². The lowest BCUT2D eigenvalue weighted by Gasteiger charge is -2.33. The zero-order chi connectivity index (χ0) is 22.8. The van der Waals surface area contributed by atoms with Gasteiger partial charge in [-0.1, -0.05) is 24.3 Å². The van der Waals surface area contributed by atoms with E-state index in [0.29, 0.717) is 6.61 Å². The summed E-state index contributed by atoms with van der Waals surface area (Å²) in [5, 5.41) is 8.61. The highest BCUT2D eigenvalue weighted by atomic mass is 16.5. The van der Waals surface area contributed by atoms with E-state index in [-0.39, 0.29) is 12.5 Å². The summed E-state index contributed by atoms with van der Waals surface area (Å²) in [6, 6.07) is 13.7. The van der Waals surface area contributed by atoms with Crippen LogP contribution in [0.4, 0.5) is 0 Å². The van der Waals surface area contributed by atoms with Crippen LogP contribution < -0.4 is 19.7 Å². The molecule has 1 aliphatic heterocycles. The number of hydroxylamine groups is 1. The van der Waals surface area contributed by atoms with E-state index in [4.69, 9.17) is 19.4 Å². The highest BCUT2D eigenvalue weighted by Gasteiger charge is 2.18. The topological polar surface area (TPSA) is 83.5 Å². The minimum Gasteiger partial charge on any atom is -0.497 e. The number of nitrogens with zero attached hydrogens (tertiary/aromatic N) is 2. The molecule has 1 heterocycles. The van der Waals surface area contributed by atoms with E-state index in [1.165, 1.54) is 0 Å². The van der Waals surface area contributed by atoms with Gasteiger partial charge in [-0.3, -0.25) is 19.8 Å². The summed E-state index contributed by atoms with van der Waals surface area (Å²) in [5.41, 5.74) is 3.75. The zero-order valence-electron chi connectivity index (χ0n) is 18.6. The second-order valence-electron chi connectivity index (χ2n) is 7.55. The molecule has 0 aliphatic carbocycles. The molecule has 172 valence electrons. The van der Waals surface area contributed by atoms with Gasteiger partial charge in [0.2, 0.25) is 0 Å². The molecule has 0 aromatic heterocycles. The van der Waals surface area contributed by atoms with Crippen LogP contribution in [0.2, 0.25) is 0 Å². The second kappa shape index (κ2) is 12.1. The van der Waals surface area contributed by atoms with Crippen LogP contribution in [-0.4, -0.2) is 81.0 Å². The number of amides is 1. The minimum atomic E-state index is -0.372. The fourth-order valence-electron chi connectivity index (χ4n) is 3.50. The quantitative estimate of drug-likeness (QED) is 0.333. The van der Waals surface area contributed by atoms with Gasteiger partial charge in [-0.2, -0.15) is 0 Å². The Morgan fingerprint density at radius 3 is 2.09 bits per heavy atom. The molecule has 0 bridgehead atoms. The van der Waals surface area contributed by atoms with Gasteiger partial charge in [0.15, 0.2) is 0 Å². The Morgan fingerprint density at radius 1 is 0.906 bits per heavy atom. The molecule has 0 spiro atoms. The summed E-state index contributed by atoms with van der Waals surface area (Å²) in [5.74, 6) is 1.97. The van der Waals surface area contributed by atoms with Crippen LogP contribution in [0.1, 0.15) is 11.1 Å². The van der Waals surface area contributed by atoms with Crippen molar-refractivity contribution in [3.05, 3.63) is 53.6 Å². The molecule has 2 aromatic rings. The Bertz CT molecular complexity index is 871. The number of rotatable bonds is 10. The maximum Gasteiger partial charge on any atom is 0.257 e. The summed E-state index contributed by atoms with van der Waals surface area (Å²) in [7, 11) is 3.28. The van der Waals surface area contributed by atoms with Gasteiger partial charge in [-0.15, -0.1) is 0 Å². The lowest BCUT2D eigenvalue weighted by Crippen LogP contribution is -2.49. The summed E-state index contributed by atoms with van der Waals surface area (Å²) in [4.78, 5) is 15.6. The van der Waals surface area contributed by atoms with E-state index in [1.54, 1.807) is 19.7 Å². The monoisotopic (exact) mass is 441 g/mol. The molecule has 2 aromatic carbocycles. The zero-order valence-corrected chi connectivity index (χ0v) is 18.6. The molecule has 1 saturated heterocycles. The van der Waals surface area contributed by atoms with Gasteiger partial charge in [0.05, 0.1) is 20.8 Å². The van der Waals surface area contributed by atoms with Crippen molar-refractivity contribution in [2.45, 2.75) is 0 Å². The van der Waals surface area contributed by atoms with Crippen LogP contribution >= 0.6 is 0 Å². The van der Waals surface area contributed by atoms with Crippen molar-refractivity contribution < 1.29 is 24.2 Å². The number of nitrogens with one attached hydrogen (secondary N) is 1. The molecule has 0 atom stereocenters. The lowest BCUT2D eigenvalue weighted by atomic mass is 10.1. The van der Waals surface area contributed by atoms with E-state index < -0.39 is 0 Å². The number of benzene rings is 2. The van der Waals surface area contributed by atoms with Gasteiger partial charge in [-0.05, 0) is 35.4 Å². The summed E-state index contributed by atoms with van der Waals surface area (Å²) in [6.07, 6.45) is 4.05. The van der Waals surface area contributed by atoms with Crippen molar-refractivity contribution in [2.75, 3.05) is 60.1 Å². The maximum absolute atomic E-state index is 11.2. The molecule has 1 amide bonds. The number of carbonyl (C=O) groups is 1. The smallest absolute Gasteiger partial charge is 0.257 e. The molecule has 1 aliphatic rings. The van der Waals surface area contributed by atoms with Gasteiger partial charge in [-0.25, -0.2) is 5.48 Å². The normalized spacial score (nSPS) is 15.0. The third-order valence-electron chi connectivity index (χ3n) is 5.36. The van der Waals surface area contributed by atoms with Gasteiger partial charge >= 0.3 is 0 Å². The standard InChI is InChI=1S/C24H31N3O5/c1-30-22-15-20(16-23(17-22)31-2)4-3-19-5-7-21(8-6-19)32-14-13-26-9-11-27(12-10-26)18-24(28)25-29/h3-8,15-17,29H,9-14,18H2,1-2H3,(H,25,28)/b4-3+. The first-order valence-electron chi connectivity index (χ1n) is 10.6. The SMILES string of the molecule is COc1cc(/C=C/c2ccc(OCCN3CCN(CC(=O)NO)CC3)cc2)cc(OC)c1. The Balaban J connectivity index is 1.43. The van der Waals surface area contributed by atoms with Gasteiger partial charge in [0, 0.05) is 38.8 Å². The molecule has 8 heteroatoms. The highest BCUT2D eigenvalue weighted by molar-refractivity contribution is 5.76. The number of carbonyl (C=O) groups excluding carboxylic acids is 1. The molecule has 32 heavy (non-hydrogen) atoms. The Kier molecular flexibility index (Phi) is 8.91. The molecule has 3 rings (SSSR count). The average molecular weight is 442 g/mol. The maximum atomic E-state index is 11.2. The number of ether oxygens (including phenoxy) is 3. The first-order chi connectivity index (χ1) is 15.6. The molecule has 0 radical (unpaired) electrons. The lowest BCUT2D eigenvalue weighted by molar-refractivity contribution is -0.130. The van der Waals surface area contributed by atoms with Crippen LogP contribution in [-0.2, 0) is 4.79 Å². The molecule has 0 unspecified atom stereocenters. The van der Waals surface area contributed by atoms with Crippen LogP contribution in [0.3, 0.4) is 0 Å². The summed E-state index contributed by atoms with van der Waals surface area (Å²) in [6.45, 7) is 5.02. The fourth-order valence-corrected chi connectivity index (χ4v) is 3.50. The largest absolute Gasteiger partial charge is 0.497 e. The van der Waals surface area contributed by atoms with E-state index >= 15 is 0 Å². The average Bonchev–Trinajstić information content (AvgIpc) is 2.84. The molecular formula is C24H31N3O5. The third kappa shape index (κ3) is 7.26. The fraction of sp³-hybridized carbons (Fsp3) is 0.375. The van der Waals surface area contributed by atoms with Gasteiger partial charge < -0.3 is 14.2 Å². The van der Waals surface area contributed by atoms with E-state index in [1.807, 2.05) is 59.5 Å². The van der Waals surface area contributed by atoms with E-state index in [0.717, 1.165) is 61.1 Å². The first-order valence-corrected chi connectivity index (χ1v) is 10.6. The van der Waals surface area contributed by atoms with Crippen molar-refractivity contribution in [1.29, 1.82) is 0 Å².